The Hall–Kier alpha value is -3.59. The highest BCUT2D eigenvalue weighted by atomic mass is 19.4. The number of hydrogen-bond acceptors (Lipinski definition) is 9. The second-order valence-electron chi connectivity index (χ2n) is 6.88. The summed E-state index contributed by atoms with van der Waals surface area (Å²) >= 11 is 0. The second-order valence-corrected chi connectivity index (χ2v) is 6.88. The Labute approximate surface area is 189 Å². The Morgan fingerprint density at radius 1 is 1.24 bits per heavy atom. The first-order valence-electron chi connectivity index (χ1n) is 10.2. The molecule has 1 heterocycles. The number of ether oxygens (including phenoxy) is 2. The number of aromatic nitrogens is 2. The van der Waals surface area contributed by atoms with Crippen molar-refractivity contribution in [3.63, 3.8) is 0 Å². The third-order valence-electron chi connectivity index (χ3n) is 4.36. The third kappa shape index (κ3) is 9.20. The lowest BCUT2D eigenvalue weighted by Crippen LogP contribution is -2.27. The zero-order chi connectivity index (χ0) is 24.3. The number of unbranched alkanes of at least 4 members (excludes halogenated alkanes) is 1. The average Bonchev–Trinajstić information content (AvgIpc) is 2.77. The quantitative estimate of drug-likeness (QED) is 0.245. The summed E-state index contributed by atoms with van der Waals surface area (Å²) in [6, 6.07) is 7.70. The van der Waals surface area contributed by atoms with Gasteiger partial charge in [0.2, 0.25) is 5.95 Å². The van der Waals surface area contributed by atoms with Crippen molar-refractivity contribution in [1.82, 2.24) is 15.3 Å². The van der Waals surface area contributed by atoms with E-state index < -0.39 is 6.36 Å². The lowest BCUT2D eigenvalue weighted by molar-refractivity contribution is -0.274. The molecule has 0 spiro atoms. The van der Waals surface area contributed by atoms with Gasteiger partial charge in [0.05, 0.1) is 6.20 Å². The van der Waals surface area contributed by atoms with Gasteiger partial charge in [-0.2, -0.15) is 10.2 Å². The van der Waals surface area contributed by atoms with Gasteiger partial charge in [-0.1, -0.05) is 18.2 Å². The highest BCUT2D eigenvalue weighted by Gasteiger charge is 2.31. The predicted octanol–water partition coefficient (Wildman–Crippen LogP) is 3.55. The fourth-order valence-corrected chi connectivity index (χ4v) is 2.65. The summed E-state index contributed by atoms with van der Waals surface area (Å²) in [5.41, 5.74) is 0.473. The van der Waals surface area contributed by atoms with Crippen LogP contribution in [0.4, 0.5) is 24.9 Å². The number of carbonyl (C=O) groups is 1. The van der Waals surface area contributed by atoms with Crippen LogP contribution in [0.15, 0.2) is 30.5 Å². The number of alkyl halides is 3. The Bertz CT molecular complexity index is 965. The highest BCUT2D eigenvalue weighted by Crippen LogP contribution is 2.26. The van der Waals surface area contributed by atoms with Gasteiger partial charge in [0.25, 0.3) is 0 Å². The van der Waals surface area contributed by atoms with Crippen molar-refractivity contribution in [2.45, 2.75) is 45.3 Å². The zero-order valence-electron chi connectivity index (χ0n) is 18.2. The van der Waals surface area contributed by atoms with Gasteiger partial charge in [0, 0.05) is 25.1 Å². The van der Waals surface area contributed by atoms with E-state index in [1.807, 2.05) is 6.07 Å². The molecule has 178 valence electrons. The Kier molecular flexibility index (Phi) is 9.68. The molecule has 0 saturated heterocycles. The molecule has 12 heteroatoms. The standard InChI is InChI=1S/C21H25F3N6O3/c1-14(26-2)32-18(31)9-5-6-10-27-19-16(11-25)13-29-20(30-19)28-12-15-7-3-4-8-17(15)33-21(22,23)24/h3-4,7-8,13-14,26H,5-6,9-10,12H2,1-2H3,(H2,27,28,29,30). The maximum Gasteiger partial charge on any atom is 0.573 e. The summed E-state index contributed by atoms with van der Waals surface area (Å²) in [5.74, 6) is -0.228. The first-order valence-corrected chi connectivity index (χ1v) is 10.2. The molecular formula is C21H25F3N6O3. The molecule has 2 aromatic rings. The lowest BCUT2D eigenvalue weighted by Gasteiger charge is -2.14. The van der Waals surface area contributed by atoms with E-state index in [4.69, 9.17) is 4.74 Å². The highest BCUT2D eigenvalue weighted by molar-refractivity contribution is 5.69. The van der Waals surface area contributed by atoms with Crippen LogP contribution in [0.1, 0.15) is 37.3 Å². The van der Waals surface area contributed by atoms with Crippen LogP contribution in [0.5, 0.6) is 5.75 Å². The van der Waals surface area contributed by atoms with Crippen LogP contribution in [-0.4, -0.2) is 42.1 Å². The molecule has 0 radical (unpaired) electrons. The van der Waals surface area contributed by atoms with Gasteiger partial charge in [0.1, 0.15) is 29.4 Å². The maximum absolute atomic E-state index is 12.6. The van der Waals surface area contributed by atoms with Gasteiger partial charge in [-0.05, 0) is 32.9 Å². The van der Waals surface area contributed by atoms with Gasteiger partial charge < -0.3 is 20.1 Å². The summed E-state index contributed by atoms with van der Waals surface area (Å²) in [4.78, 5) is 19.9. The molecule has 0 saturated carbocycles. The number of esters is 1. The van der Waals surface area contributed by atoms with E-state index >= 15 is 0 Å². The Morgan fingerprint density at radius 3 is 2.70 bits per heavy atom. The van der Waals surface area contributed by atoms with Gasteiger partial charge in [0.15, 0.2) is 0 Å². The molecule has 0 aliphatic heterocycles. The van der Waals surface area contributed by atoms with Crippen LogP contribution in [0.3, 0.4) is 0 Å². The number of nitriles is 1. The first-order chi connectivity index (χ1) is 15.7. The number of carbonyl (C=O) groups excluding carboxylic acids is 1. The molecule has 0 aliphatic carbocycles. The lowest BCUT2D eigenvalue weighted by atomic mass is 10.2. The van der Waals surface area contributed by atoms with Crippen LogP contribution >= 0.6 is 0 Å². The Morgan fingerprint density at radius 2 is 2.00 bits per heavy atom. The molecule has 2 rings (SSSR count). The van der Waals surface area contributed by atoms with E-state index in [0.29, 0.717) is 19.4 Å². The minimum absolute atomic E-state index is 0.0231. The molecule has 0 amide bonds. The van der Waals surface area contributed by atoms with Crippen molar-refractivity contribution in [2.75, 3.05) is 24.2 Å². The molecule has 1 aromatic carbocycles. The SMILES string of the molecule is CNC(C)OC(=O)CCCCNc1nc(NCc2ccccc2OC(F)(F)F)ncc1C#N. The molecule has 0 aliphatic rings. The summed E-state index contributed by atoms with van der Waals surface area (Å²) in [7, 11) is 1.69. The van der Waals surface area contributed by atoms with Gasteiger partial charge in [-0.3, -0.25) is 10.1 Å². The van der Waals surface area contributed by atoms with Crippen LogP contribution in [-0.2, 0) is 16.1 Å². The van der Waals surface area contributed by atoms with E-state index in [-0.39, 0.29) is 53.8 Å². The first kappa shape index (κ1) is 25.7. The van der Waals surface area contributed by atoms with Crippen molar-refractivity contribution < 1.29 is 27.4 Å². The molecule has 1 atom stereocenters. The predicted molar refractivity (Wildman–Crippen MR) is 114 cm³/mol. The van der Waals surface area contributed by atoms with Crippen LogP contribution < -0.4 is 20.7 Å². The minimum atomic E-state index is -4.81. The smallest absolute Gasteiger partial charge is 0.447 e. The van der Waals surface area contributed by atoms with Crippen molar-refractivity contribution in [3.05, 3.63) is 41.6 Å². The molecule has 9 nitrogen and oxygen atoms in total. The van der Waals surface area contributed by atoms with Gasteiger partial charge >= 0.3 is 12.3 Å². The van der Waals surface area contributed by atoms with Crippen molar-refractivity contribution >= 4 is 17.7 Å². The van der Waals surface area contributed by atoms with E-state index in [1.165, 1.54) is 24.4 Å². The average molecular weight is 466 g/mol. The van der Waals surface area contributed by atoms with E-state index in [0.717, 1.165) is 0 Å². The van der Waals surface area contributed by atoms with Crippen molar-refractivity contribution in [3.8, 4) is 11.8 Å². The van der Waals surface area contributed by atoms with E-state index in [1.54, 1.807) is 20.0 Å². The van der Waals surface area contributed by atoms with Crippen molar-refractivity contribution in [2.24, 2.45) is 0 Å². The maximum atomic E-state index is 12.6. The minimum Gasteiger partial charge on any atom is -0.447 e. The second kappa shape index (κ2) is 12.4. The monoisotopic (exact) mass is 466 g/mol. The van der Waals surface area contributed by atoms with E-state index in [2.05, 4.69) is 30.7 Å². The zero-order valence-corrected chi connectivity index (χ0v) is 18.2. The summed E-state index contributed by atoms with van der Waals surface area (Å²) in [5, 5.41) is 17.9. The number of anilines is 2. The van der Waals surface area contributed by atoms with E-state index in [9.17, 15) is 23.2 Å². The topological polar surface area (TPSA) is 121 Å². The fraction of sp³-hybridized carbons (Fsp3) is 0.429. The molecule has 0 fully saturated rings. The number of nitrogens with zero attached hydrogens (tertiary/aromatic N) is 3. The molecule has 33 heavy (non-hydrogen) atoms. The number of halogens is 3. The van der Waals surface area contributed by atoms with Crippen molar-refractivity contribution in [1.29, 1.82) is 5.26 Å². The Balaban J connectivity index is 1.91. The number of hydrogen-bond donors (Lipinski definition) is 3. The number of nitrogens with one attached hydrogen (secondary N) is 3. The van der Waals surface area contributed by atoms with Crippen LogP contribution in [0, 0.1) is 11.3 Å². The molecular weight excluding hydrogens is 441 g/mol. The van der Waals surface area contributed by atoms with Gasteiger partial charge in [-0.25, -0.2) is 4.98 Å². The number of para-hydroxylation sites is 1. The number of rotatable bonds is 12. The van der Waals surface area contributed by atoms with Crippen LogP contribution in [0.25, 0.3) is 0 Å². The fourth-order valence-electron chi connectivity index (χ4n) is 2.65. The normalized spacial score (nSPS) is 11.9. The molecule has 0 bridgehead atoms. The summed E-state index contributed by atoms with van der Waals surface area (Å²) in [6.07, 6.45) is -2.38. The van der Waals surface area contributed by atoms with Gasteiger partial charge in [-0.15, -0.1) is 13.2 Å². The molecule has 1 aromatic heterocycles. The number of benzene rings is 1. The van der Waals surface area contributed by atoms with Crippen LogP contribution in [0.2, 0.25) is 0 Å². The summed E-state index contributed by atoms with van der Waals surface area (Å²) < 4.78 is 46.9. The molecule has 3 N–H and O–H groups in total. The largest absolute Gasteiger partial charge is 0.573 e. The molecule has 1 unspecified atom stereocenters. The summed E-state index contributed by atoms with van der Waals surface area (Å²) in [6.45, 7) is 2.15. The third-order valence-corrected chi connectivity index (χ3v) is 4.36.